The molecule has 0 radical (unpaired) electrons. The molecule has 1 saturated carbocycles. The standard InChI is InChI=1S/C17H16F2N2O3S/c1-25(22,23)24-17-16-10-3-2-9(6-10)15(16)14(8-20-17)21-11-4-5-12(18)13(19)7-11/h4-5,7-10,21H,2-3,6H2,1H3. The minimum Gasteiger partial charge on any atom is -0.361 e. The van der Waals surface area contributed by atoms with Gasteiger partial charge in [0.1, 0.15) is 0 Å². The zero-order chi connectivity index (χ0) is 17.8. The highest BCUT2D eigenvalue weighted by Crippen LogP contribution is 2.57. The molecule has 2 aliphatic carbocycles. The summed E-state index contributed by atoms with van der Waals surface area (Å²) in [4.78, 5) is 4.16. The van der Waals surface area contributed by atoms with Crippen LogP contribution in [0.25, 0.3) is 0 Å². The normalized spacial score (nSPS) is 21.2. The average molecular weight is 366 g/mol. The van der Waals surface area contributed by atoms with E-state index in [-0.39, 0.29) is 17.7 Å². The van der Waals surface area contributed by atoms with E-state index >= 15 is 0 Å². The van der Waals surface area contributed by atoms with Crippen LogP contribution in [0.15, 0.2) is 24.4 Å². The number of benzene rings is 1. The van der Waals surface area contributed by atoms with Crippen LogP contribution in [0, 0.1) is 11.6 Å². The first-order chi connectivity index (χ1) is 11.8. The van der Waals surface area contributed by atoms with Crippen molar-refractivity contribution in [1.29, 1.82) is 0 Å². The van der Waals surface area contributed by atoms with Crippen molar-refractivity contribution < 1.29 is 21.4 Å². The Kier molecular flexibility index (Phi) is 3.68. The fraction of sp³-hybridized carbons (Fsp3) is 0.353. The molecule has 1 aromatic carbocycles. The molecule has 1 N–H and O–H groups in total. The van der Waals surface area contributed by atoms with Crippen molar-refractivity contribution in [2.75, 3.05) is 11.6 Å². The first kappa shape index (κ1) is 16.3. The molecule has 8 heteroatoms. The van der Waals surface area contributed by atoms with Gasteiger partial charge in [-0.2, -0.15) is 8.42 Å². The Labute approximate surface area is 144 Å². The molecule has 1 fully saturated rings. The average Bonchev–Trinajstić information content (AvgIpc) is 3.14. The number of hydrogen-bond acceptors (Lipinski definition) is 5. The second kappa shape index (κ2) is 5.66. The summed E-state index contributed by atoms with van der Waals surface area (Å²) in [5, 5.41) is 3.07. The maximum atomic E-state index is 13.4. The number of aromatic nitrogens is 1. The quantitative estimate of drug-likeness (QED) is 0.834. The van der Waals surface area contributed by atoms with E-state index in [0.29, 0.717) is 11.4 Å². The van der Waals surface area contributed by atoms with Crippen molar-refractivity contribution in [3.63, 3.8) is 0 Å². The Hall–Kier alpha value is -2.22. The highest BCUT2D eigenvalue weighted by atomic mass is 32.2. The maximum Gasteiger partial charge on any atom is 0.307 e. The lowest BCUT2D eigenvalue weighted by Crippen LogP contribution is -2.12. The monoisotopic (exact) mass is 366 g/mol. The zero-order valence-electron chi connectivity index (χ0n) is 13.4. The summed E-state index contributed by atoms with van der Waals surface area (Å²) >= 11 is 0. The summed E-state index contributed by atoms with van der Waals surface area (Å²) in [6.45, 7) is 0. The number of hydrogen-bond donors (Lipinski definition) is 1. The molecule has 0 spiro atoms. The first-order valence-corrected chi connectivity index (χ1v) is 9.78. The van der Waals surface area contributed by atoms with E-state index in [0.717, 1.165) is 48.8 Å². The SMILES string of the molecule is CS(=O)(=O)Oc1ncc(Nc2ccc(F)c(F)c2)c2c1C1CCC2C1. The molecule has 0 aliphatic heterocycles. The number of pyridine rings is 1. The molecule has 0 amide bonds. The fourth-order valence-electron chi connectivity index (χ4n) is 3.90. The summed E-state index contributed by atoms with van der Waals surface area (Å²) < 4.78 is 54.6. The Bertz CT molecular complexity index is 963. The molecule has 132 valence electrons. The largest absolute Gasteiger partial charge is 0.361 e. The van der Waals surface area contributed by atoms with Crippen molar-refractivity contribution in [3.8, 4) is 5.88 Å². The van der Waals surface area contributed by atoms with E-state index in [2.05, 4.69) is 10.3 Å². The molecule has 5 nitrogen and oxygen atoms in total. The molecule has 1 aromatic heterocycles. The lowest BCUT2D eigenvalue weighted by atomic mass is 9.91. The van der Waals surface area contributed by atoms with Gasteiger partial charge in [-0.15, -0.1) is 0 Å². The van der Waals surface area contributed by atoms with Gasteiger partial charge in [0.05, 0.1) is 18.1 Å². The van der Waals surface area contributed by atoms with Crippen LogP contribution in [-0.4, -0.2) is 19.7 Å². The van der Waals surface area contributed by atoms with Crippen molar-refractivity contribution in [2.24, 2.45) is 0 Å². The van der Waals surface area contributed by atoms with Crippen LogP contribution in [0.4, 0.5) is 20.2 Å². The van der Waals surface area contributed by atoms with Gasteiger partial charge in [0, 0.05) is 17.3 Å². The molecule has 2 unspecified atom stereocenters. The molecular formula is C17H16F2N2O3S. The van der Waals surface area contributed by atoms with E-state index < -0.39 is 21.8 Å². The molecular weight excluding hydrogens is 350 g/mol. The minimum absolute atomic E-state index is 0.125. The topological polar surface area (TPSA) is 68.3 Å². The predicted molar refractivity (Wildman–Crippen MR) is 88.7 cm³/mol. The van der Waals surface area contributed by atoms with E-state index in [9.17, 15) is 17.2 Å². The molecule has 2 aromatic rings. The van der Waals surface area contributed by atoms with Crippen LogP contribution < -0.4 is 9.50 Å². The van der Waals surface area contributed by atoms with Gasteiger partial charge in [0.25, 0.3) is 0 Å². The molecule has 4 rings (SSSR count). The third-order valence-corrected chi connectivity index (χ3v) is 5.26. The summed E-state index contributed by atoms with van der Waals surface area (Å²) in [5.41, 5.74) is 2.86. The molecule has 2 atom stereocenters. The van der Waals surface area contributed by atoms with Gasteiger partial charge in [0.15, 0.2) is 11.6 Å². The third kappa shape index (κ3) is 2.95. The van der Waals surface area contributed by atoms with Gasteiger partial charge in [-0.1, -0.05) is 0 Å². The predicted octanol–water partition coefficient (Wildman–Crippen LogP) is 3.81. The Balaban J connectivity index is 1.76. The van der Waals surface area contributed by atoms with Crippen LogP contribution in [0.5, 0.6) is 5.88 Å². The number of rotatable bonds is 4. The minimum atomic E-state index is -3.67. The zero-order valence-corrected chi connectivity index (χ0v) is 14.2. The van der Waals surface area contributed by atoms with Crippen LogP contribution in [0.3, 0.4) is 0 Å². The van der Waals surface area contributed by atoms with Gasteiger partial charge < -0.3 is 9.50 Å². The van der Waals surface area contributed by atoms with Gasteiger partial charge in [-0.05, 0) is 48.8 Å². The van der Waals surface area contributed by atoms with Crippen molar-refractivity contribution >= 4 is 21.5 Å². The number of nitrogens with one attached hydrogen (secondary N) is 1. The van der Waals surface area contributed by atoms with Gasteiger partial charge in [-0.25, -0.2) is 13.8 Å². The van der Waals surface area contributed by atoms with Gasteiger partial charge >= 0.3 is 10.1 Å². The Morgan fingerprint density at radius 2 is 1.88 bits per heavy atom. The van der Waals surface area contributed by atoms with Crippen LogP contribution in [0.1, 0.15) is 42.2 Å². The molecule has 25 heavy (non-hydrogen) atoms. The van der Waals surface area contributed by atoms with E-state index in [1.165, 1.54) is 12.3 Å². The summed E-state index contributed by atoms with van der Waals surface area (Å²) in [7, 11) is -3.67. The van der Waals surface area contributed by atoms with Crippen molar-refractivity contribution in [2.45, 2.75) is 31.1 Å². The van der Waals surface area contributed by atoms with E-state index in [1.54, 1.807) is 0 Å². The molecule has 1 heterocycles. The van der Waals surface area contributed by atoms with Crippen LogP contribution >= 0.6 is 0 Å². The number of nitrogens with zero attached hydrogens (tertiary/aromatic N) is 1. The lowest BCUT2D eigenvalue weighted by molar-refractivity contribution is 0.474. The summed E-state index contributed by atoms with van der Waals surface area (Å²) in [6, 6.07) is 3.58. The fourth-order valence-corrected chi connectivity index (χ4v) is 4.32. The number of fused-ring (bicyclic) bond motifs is 5. The van der Waals surface area contributed by atoms with Crippen molar-refractivity contribution in [3.05, 3.63) is 47.2 Å². The Morgan fingerprint density at radius 1 is 1.16 bits per heavy atom. The second-order valence-corrected chi connectivity index (χ2v) is 8.13. The molecule has 2 bridgehead atoms. The van der Waals surface area contributed by atoms with Crippen LogP contribution in [-0.2, 0) is 10.1 Å². The molecule has 0 saturated heterocycles. The summed E-state index contributed by atoms with van der Waals surface area (Å²) in [6.07, 6.45) is 5.37. The van der Waals surface area contributed by atoms with Gasteiger partial charge in [0.2, 0.25) is 5.88 Å². The number of anilines is 2. The second-order valence-electron chi connectivity index (χ2n) is 6.55. The van der Waals surface area contributed by atoms with Crippen molar-refractivity contribution in [1.82, 2.24) is 4.98 Å². The smallest absolute Gasteiger partial charge is 0.307 e. The van der Waals surface area contributed by atoms with E-state index in [4.69, 9.17) is 4.18 Å². The summed E-state index contributed by atoms with van der Waals surface area (Å²) in [5.74, 6) is -1.22. The van der Waals surface area contributed by atoms with Crippen LogP contribution in [0.2, 0.25) is 0 Å². The third-order valence-electron chi connectivity index (χ3n) is 4.80. The lowest BCUT2D eigenvalue weighted by Gasteiger charge is -2.21. The highest BCUT2D eigenvalue weighted by molar-refractivity contribution is 7.86. The molecule has 2 aliphatic rings. The van der Waals surface area contributed by atoms with Gasteiger partial charge in [-0.3, -0.25) is 0 Å². The number of halogens is 2. The maximum absolute atomic E-state index is 13.4. The first-order valence-electron chi connectivity index (χ1n) is 7.96. The highest BCUT2D eigenvalue weighted by Gasteiger charge is 2.42. The Morgan fingerprint density at radius 3 is 2.56 bits per heavy atom. The van der Waals surface area contributed by atoms with E-state index in [1.807, 2.05) is 0 Å².